The molecule has 1 atom stereocenters. The summed E-state index contributed by atoms with van der Waals surface area (Å²) in [6.07, 6.45) is 5.53. The molecule has 0 radical (unpaired) electrons. The van der Waals surface area contributed by atoms with Crippen molar-refractivity contribution in [1.29, 1.82) is 0 Å². The monoisotopic (exact) mass is 483 g/mol. The van der Waals surface area contributed by atoms with Crippen LogP contribution in [0.2, 0.25) is 0 Å². The van der Waals surface area contributed by atoms with Crippen LogP contribution < -0.4 is 9.47 Å². The van der Waals surface area contributed by atoms with E-state index in [9.17, 15) is 4.79 Å². The molecule has 7 heteroatoms. The van der Waals surface area contributed by atoms with Gasteiger partial charge in [0.05, 0.1) is 37.1 Å². The van der Waals surface area contributed by atoms with E-state index in [1.807, 2.05) is 65.6 Å². The first-order valence-electron chi connectivity index (χ1n) is 12.1. The Balaban J connectivity index is 1.57. The summed E-state index contributed by atoms with van der Waals surface area (Å²) in [7, 11) is 3.21. The molecule has 184 valence electrons. The van der Waals surface area contributed by atoms with Gasteiger partial charge in [-0.2, -0.15) is 0 Å². The molecule has 3 heterocycles. The van der Waals surface area contributed by atoms with Gasteiger partial charge in [0.2, 0.25) is 0 Å². The topological polar surface area (TPSA) is 73.8 Å². The molecule has 0 N–H and O–H groups in total. The average Bonchev–Trinajstić information content (AvgIpc) is 3.45. The minimum absolute atomic E-state index is 0.0315. The minimum atomic E-state index is -0.0605. The Hall–Kier alpha value is -3.97. The van der Waals surface area contributed by atoms with Gasteiger partial charge in [-0.25, -0.2) is 4.98 Å². The molecule has 36 heavy (non-hydrogen) atoms. The van der Waals surface area contributed by atoms with Crippen molar-refractivity contribution in [1.82, 2.24) is 14.9 Å². The summed E-state index contributed by atoms with van der Waals surface area (Å²) in [5, 5.41) is 0.815. The number of pyridine rings is 2. The van der Waals surface area contributed by atoms with E-state index in [0.717, 1.165) is 41.5 Å². The molecular weight excluding hydrogens is 454 g/mol. The van der Waals surface area contributed by atoms with Crippen molar-refractivity contribution in [3.63, 3.8) is 0 Å². The molecule has 0 saturated carbocycles. The fourth-order valence-electron chi connectivity index (χ4n) is 4.63. The fourth-order valence-corrected chi connectivity index (χ4v) is 4.63. The lowest BCUT2D eigenvalue weighted by Crippen LogP contribution is -2.37. The number of benzene rings is 2. The standard InChI is InChI=1S/C29H29N3O4/c1-34-27-12-11-21(15-28(27)35-2)26-16-24(23-9-3-4-10-25(23)31-26)29(33)32(19-22-8-6-14-36-22)18-20-7-5-13-30-17-20/h3-5,7,9-13,15-17,22H,6,8,14,18-19H2,1-2H3. The van der Waals surface area contributed by atoms with Crippen molar-refractivity contribution >= 4 is 16.8 Å². The van der Waals surface area contributed by atoms with Gasteiger partial charge in [0.15, 0.2) is 11.5 Å². The van der Waals surface area contributed by atoms with Crippen LogP contribution in [0.1, 0.15) is 28.8 Å². The van der Waals surface area contributed by atoms with Gasteiger partial charge in [-0.15, -0.1) is 0 Å². The van der Waals surface area contributed by atoms with Gasteiger partial charge in [0.25, 0.3) is 5.91 Å². The normalized spacial score (nSPS) is 15.1. The molecule has 1 saturated heterocycles. The summed E-state index contributed by atoms with van der Waals surface area (Å²) in [5.74, 6) is 1.18. The lowest BCUT2D eigenvalue weighted by molar-refractivity contribution is 0.0508. The number of aromatic nitrogens is 2. The molecule has 7 nitrogen and oxygen atoms in total. The molecule has 1 unspecified atom stereocenters. The van der Waals surface area contributed by atoms with Gasteiger partial charge in [0, 0.05) is 43.0 Å². The summed E-state index contributed by atoms with van der Waals surface area (Å²) < 4.78 is 16.8. The molecular formula is C29H29N3O4. The van der Waals surface area contributed by atoms with Crippen molar-refractivity contribution in [2.75, 3.05) is 27.4 Å². The molecule has 4 aromatic rings. The molecule has 1 amide bonds. The van der Waals surface area contributed by atoms with E-state index in [-0.39, 0.29) is 12.0 Å². The number of amides is 1. The molecule has 0 bridgehead atoms. The number of methoxy groups -OCH3 is 2. The van der Waals surface area contributed by atoms with Crippen LogP contribution in [0.25, 0.3) is 22.2 Å². The van der Waals surface area contributed by atoms with E-state index in [0.29, 0.717) is 35.8 Å². The highest BCUT2D eigenvalue weighted by atomic mass is 16.5. The van der Waals surface area contributed by atoms with Crippen LogP contribution in [0.4, 0.5) is 0 Å². The summed E-state index contributed by atoms with van der Waals surface area (Å²) in [6.45, 7) is 1.71. The van der Waals surface area contributed by atoms with Crippen molar-refractivity contribution < 1.29 is 19.0 Å². The van der Waals surface area contributed by atoms with Crippen LogP contribution in [-0.2, 0) is 11.3 Å². The third-order valence-electron chi connectivity index (χ3n) is 6.46. The molecule has 1 fully saturated rings. The Morgan fingerprint density at radius 1 is 1.06 bits per heavy atom. The molecule has 2 aromatic heterocycles. The first-order valence-corrected chi connectivity index (χ1v) is 12.1. The smallest absolute Gasteiger partial charge is 0.255 e. The number of fused-ring (bicyclic) bond motifs is 1. The predicted octanol–water partition coefficient (Wildman–Crippen LogP) is 5.14. The summed E-state index contributed by atoms with van der Waals surface area (Å²) >= 11 is 0. The zero-order valence-corrected chi connectivity index (χ0v) is 20.5. The third-order valence-corrected chi connectivity index (χ3v) is 6.46. The number of hydrogen-bond donors (Lipinski definition) is 0. The number of hydrogen-bond acceptors (Lipinski definition) is 6. The van der Waals surface area contributed by atoms with Crippen molar-refractivity contribution in [3.05, 3.63) is 84.2 Å². The number of rotatable bonds is 8. The Labute approximate surface area is 210 Å². The Kier molecular flexibility index (Phi) is 7.09. The van der Waals surface area contributed by atoms with E-state index in [1.54, 1.807) is 26.6 Å². The second kappa shape index (κ2) is 10.7. The van der Waals surface area contributed by atoms with E-state index in [2.05, 4.69) is 4.98 Å². The van der Waals surface area contributed by atoms with Gasteiger partial charge in [-0.05, 0) is 54.8 Å². The first-order chi connectivity index (χ1) is 17.7. The quantitative estimate of drug-likeness (QED) is 0.346. The number of para-hydroxylation sites is 1. The first kappa shape index (κ1) is 23.8. The molecule has 1 aliphatic heterocycles. The third kappa shape index (κ3) is 5.02. The van der Waals surface area contributed by atoms with Crippen molar-refractivity contribution in [2.24, 2.45) is 0 Å². The number of ether oxygens (including phenoxy) is 3. The minimum Gasteiger partial charge on any atom is -0.493 e. The molecule has 0 spiro atoms. The van der Waals surface area contributed by atoms with Gasteiger partial charge in [-0.1, -0.05) is 24.3 Å². The number of nitrogens with zero attached hydrogens (tertiary/aromatic N) is 3. The van der Waals surface area contributed by atoms with E-state index >= 15 is 0 Å². The summed E-state index contributed by atoms with van der Waals surface area (Å²) in [6, 6.07) is 19.1. The lowest BCUT2D eigenvalue weighted by atomic mass is 10.0. The van der Waals surface area contributed by atoms with E-state index in [1.165, 1.54) is 0 Å². The largest absolute Gasteiger partial charge is 0.493 e. The predicted molar refractivity (Wildman–Crippen MR) is 138 cm³/mol. The average molecular weight is 484 g/mol. The Morgan fingerprint density at radius 3 is 2.67 bits per heavy atom. The van der Waals surface area contributed by atoms with Crippen LogP contribution in [0.5, 0.6) is 11.5 Å². The van der Waals surface area contributed by atoms with Gasteiger partial charge < -0.3 is 19.1 Å². The summed E-state index contributed by atoms with van der Waals surface area (Å²) in [4.78, 5) is 25.1. The van der Waals surface area contributed by atoms with Crippen molar-refractivity contribution in [3.8, 4) is 22.8 Å². The SMILES string of the molecule is COc1ccc(-c2cc(C(=O)N(Cc3cccnc3)CC3CCCO3)c3ccccc3n2)cc1OC. The molecule has 2 aromatic carbocycles. The molecule has 0 aliphatic carbocycles. The van der Waals surface area contributed by atoms with E-state index in [4.69, 9.17) is 19.2 Å². The highest BCUT2D eigenvalue weighted by Crippen LogP contribution is 2.33. The highest BCUT2D eigenvalue weighted by molar-refractivity contribution is 6.07. The van der Waals surface area contributed by atoms with Gasteiger partial charge >= 0.3 is 0 Å². The van der Waals surface area contributed by atoms with Crippen LogP contribution in [0.15, 0.2) is 73.1 Å². The zero-order chi connectivity index (χ0) is 24.9. The number of carbonyl (C=O) groups is 1. The van der Waals surface area contributed by atoms with Gasteiger partial charge in [-0.3, -0.25) is 9.78 Å². The molecule has 1 aliphatic rings. The number of carbonyl (C=O) groups excluding carboxylic acids is 1. The van der Waals surface area contributed by atoms with Gasteiger partial charge in [0.1, 0.15) is 0 Å². The van der Waals surface area contributed by atoms with Crippen LogP contribution >= 0.6 is 0 Å². The molecule has 5 rings (SSSR count). The maximum atomic E-state index is 14.1. The van der Waals surface area contributed by atoms with Crippen LogP contribution in [0.3, 0.4) is 0 Å². The maximum Gasteiger partial charge on any atom is 0.255 e. The fraction of sp³-hybridized carbons (Fsp3) is 0.276. The lowest BCUT2D eigenvalue weighted by Gasteiger charge is -2.26. The highest BCUT2D eigenvalue weighted by Gasteiger charge is 2.26. The van der Waals surface area contributed by atoms with Crippen LogP contribution in [-0.4, -0.2) is 54.3 Å². The summed E-state index contributed by atoms with van der Waals surface area (Å²) in [5.41, 5.74) is 3.86. The Morgan fingerprint density at radius 2 is 1.92 bits per heavy atom. The zero-order valence-electron chi connectivity index (χ0n) is 20.5. The second-order valence-electron chi connectivity index (χ2n) is 8.82. The van der Waals surface area contributed by atoms with Crippen LogP contribution in [0, 0.1) is 0 Å². The van der Waals surface area contributed by atoms with E-state index < -0.39 is 0 Å². The maximum absolute atomic E-state index is 14.1. The second-order valence-corrected chi connectivity index (χ2v) is 8.82. The van der Waals surface area contributed by atoms with Crippen molar-refractivity contribution in [2.45, 2.75) is 25.5 Å². The Bertz CT molecular complexity index is 1350.